The molecule has 2 atom stereocenters. The minimum absolute atomic E-state index is 0.0362. The molecule has 2 amide bonds. The van der Waals surface area contributed by atoms with E-state index < -0.39 is 36.6 Å². The van der Waals surface area contributed by atoms with Crippen LogP contribution in [0.1, 0.15) is 12.0 Å². The van der Waals surface area contributed by atoms with Crippen molar-refractivity contribution in [3.8, 4) is 17.0 Å². The van der Waals surface area contributed by atoms with E-state index in [0.717, 1.165) is 0 Å². The number of hydrogen-bond acceptors (Lipinski definition) is 7. The summed E-state index contributed by atoms with van der Waals surface area (Å²) in [7, 11) is 0. The maximum absolute atomic E-state index is 14.8. The SMILES string of the molecule is Cc1cc(F)c(NC(=O)NC2COC(C(F)(F)F)C2)cc1-c1cc(OCCO)nc(N2CCOCC2)c1. The van der Waals surface area contributed by atoms with Crippen molar-refractivity contribution < 1.29 is 41.7 Å². The van der Waals surface area contributed by atoms with Gasteiger partial charge in [-0.2, -0.15) is 18.2 Å². The van der Waals surface area contributed by atoms with E-state index in [1.807, 2.05) is 11.0 Å². The summed E-state index contributed by atoms with van der Waals surface area (Å²) < 4.78 is 68.9. The molecule has 9 nitrogen and oxygen atoms in total. The number of amides is 2. The minimum atomic E-state index is -4.52. The number of aromatic nitrogens is 1. The molecule has 13 heteroatoms. The van der Waals surface area contributed by atoms with Crippen LogP contribution in [0.25, 0.3) is 11.1 Å². The van der Waals surface area contributed by atoms with Crippen molar-refractivity contribution in [2.45, 2.75) is 31.7 Å². The third-order valence-corrected chi connectivity index (χ3v) is 6.04. The smallest absolute Gasteiger partial charge is 0.414 e. The van der Waals surface area contributed by atoms with Gasteiger partial charge in [-0.3, -0.25) is 0 Å². The summed E-state index contributed by atoms with van der Waals surface area (Å²) in [4.78, 5) is 19.0. The largest absolute Gasteiger partial charge is 0.475 e. The zero-order valence-corrected chi connectivity index (χ0v) is 20.1. The van der Waals surface area contributed by atoms with Crippen LogP contribution in [0.5, 0.6) is 5.88 Å². The molecular weight excluding hydrogens is 500 g/mol. The zero-order chi connectivity index (χ0) is 26.6. The molecular formula is C24H28F4N4O5. The first kappa shape index (κ1) is 26.9. The van der Waals surface area contributed by atoms with Gasteiger partial charge in [0, 0.05) is 25.6 Å². The van der Waals surface area contributed by atoms with E-state index >= 15 is 0 Å². The van der Waals surface area contributed by atoms with Crippen LogP contribution in [0.2, 0.25) is 0 Å². The number of pyridine rings is 1. The molecule has 1 aromatic heterocycles. The molecule has 0 saturated carbocycles. The van der Waals surface area contributed by atoms with Gasteiger partial charge in [-0.25, -0.2) is 9.18 Å². The number of carbonyl (C=O) groups is 1. The molecule has 2 aliphatic rings. The van der Waals surface area contributed by atoms with Crippen molar-refractivity contribution in [2.24, 2.45) is 0 Å². The van der Waals surface area contributed by atoms with Gasteiger partial charge in [0.05, 0.1) is 38.2 Å². The van der Waals surface area contributed by atoms with Gasteiger partial charge in [-0.05, 0) is 41.8 Å². The van der Waals surface area contributed by atoms with Gasteiger partial charge in [-0.15, -0.1) is 0 Å². The molecule has 3 heterocycles. The highest BCUT2D eigenvalue weighted by atomic mass is 19.4. The molecule has 0 radical (unpaired) electrons. The lowest BCUT2D eigenvalue weighted by Crippen LogP contribution is -2.39. The first-order chi connectivity index (χ1) is 17.6. The van der Waals surface area contributed by atoms with Crippen LogP contribution in [-0.4, -0.2) is 80.6 Å². The standard InChI is InChI=1S/C24H28F4N4O5/c1-14-8-18(25)19(30-23(34)29-16-11-20(37-13-16)24(26,27)28)12-17(14)15-9-21(32-2-5-35-6-3-32)31-22(10-15)36-7-4-33/h8-10,12,16,20,33H,2-7,11,13H2,1H3,(H2,29,30,34). The van der Waals surface area contributed by atoms with E-state index in [2.05, 4.69) is 15.6 Å². The van der Waals surface area contributed by atoms with Crippen molar-refractivity contribution >= 4 is 17.5 Å². The van der Waals surface area contributed by atoms with Crippen LogP contribution in [-0.2, 0) is 9.47 Å². The van der Waals surface area contributed by atoms with Gasteiger partial charge >= 0.3 is 12.2 Å². The zero-order valence-electron chi connectivity index (χ0n) is 20.1. The van der Waals surface area contributed by atoms with Gasteiger partial charge in [-0.1, -0.05) is 0 Å². The molecule has 202 valence electrons. The van der Waals surface area contributed by atoms with E-state index in [1.54, 1.807) is 13.0 Å². The van der Waals surface area contributed by atoms with Gasteiger partial charge in [0.2, 0.25) is 5.88 Å². The number of aliphatic hydroxyl groups excluding tert-OH is 1. The van der Waals surface area contributed by atoms with Crippen molar-refractivity contribution in [1.29, 1.82) is 0 Å². The summed E-state index contributed by atoms with van der Waals surface area (Å²) >= 11 is 0. The predicted octanol–water partition coefficient (Wildman–Crippen LogP) is 3.25. The molecule has 2 aliphatic heterocycles. The topological polar surface area (TPSA) is 105 Å². The number of rotatable bonds is 7. The molecule has 0 bridgehead atoms. The summed E-state index contributed by atoms with van der Waals surface area (Å²) in [5.74, 6) is 0.182. The molecule has 2 aromatic rings. The summed E-state index contributed by atoms with van der Waals surface area (Å²) in [5, 5.41) is 13.9. The number of hydrogen-bond donors (Lipinski definition) is 3. The number of ether oxygens (including phenoxy) is 3. The van der Waals surface area contributed by atoms with Crippen LogP contribution < -0.4 is 20.3 Å². The number of nitrogens with zero attached hydrogens (tertiary/aromatic N) is 2. The Bertz CT molecular complexity index is 1110. The van der Waals surface area contributed by atoms with E-state index in [1.165, 1.54) is 12.1 Å². The van der Waals surface area contributed by atoms with E-state index in [0.29, 0.717) is 48.8 Å². The summed E-state index contributed by atoms with van der Waals surface area (Å²) in [6.45, 7) is 3.55. The Morgan fingerprint density at radius 1 is 1.24 bits per heavy atom. The maximum atomic E-state index is 14.8. The average molecular weight is 529 g/mol. The second kappa shape index (κ2) is 11.5. The number of benzene rings is 1. The Balaban J connectivity index is 1.56. The number of nitrogens with one attached hydrogen (secondary N) is 2. The maximum Gasteiger partial charge on any atom is 0.414 e. The lowest BCUT2D eigenvalue weighted by atomic mass is 10.00. The lowest BCUT2D eigenvalue weighted by molar-refractivity contribution is -0.206. The highest BCUT2D eigenvalue weighted by molar-refractivity contribution is 5.91. The Morgan fingerprint density at radius 2 is 2.00 bits per heavy atom. The first-order valence-electron chi connectivity index (χ1n) is 11.8. The average Bonchev–Trinajstić information content (AvgIpc) is 3.34. The number of carbonyl (C=O) groups excluding carboxylic acids is 1. The quantitative estimate of drug-likeness (QED) is 0.474. The van der Waals surface area contributed by atoms with E-state index in [-0.39, 0.29) is 31.4 Å². The molecule has 1 aromatic carbocycles. The monoisotopic (exact) mass is 528 g/mol. The van der Waals surface area contributed by atoms with Gasteiger partial charge in [0.15, 0.2) is 6.10 Å². The van der Waals surface area contributed by atoms with E-state index in [9.17, 15) is 22.4 Å². The molecule has 2 unspecified atom stereocenters. The Kier molecular flexibility index (Phi) is 8.35. The fourth-order valence-electron chi connectivity index (χ4n) is 4.20. The number of anilines is 2. The number of aliphatic hydroxyl groups is 1. The number of urea groups is 1. The Labute approximate surface area is 210 Å². The second-order valence-electron chi connectivity index (χ2n) is 8.77. The molecule has 2 saturated heterocycles. The van der Waals surface area contributed by atoms with Crippen LogP contribution in [0.15, 0.2) is 24.3 Å². The highest BCUT2D eigenvalue weighted by Gasteiger charge is 2.46. The summed E-state index contributed by atoms with van der Waals surface area (Å²) in [6, 6.07) is 4.46. The second-order valence-corrected chi connectivity index (χ2v) is 8.77. The number of halogens is 4. The fraction of sp³-hybridized carbons (Fsp3) is 0.500. The molecule has 0 spiro atoms. The lowest BCUT2D eigenvalue weighted by Gasteiger charge is -2.28. The van der Waals surface area contributed by atoms with Crippen molar-refractivity contribution in [2.75, 3.05) is 56.3 Å². The van der Waals surface area contributed by atoms with Crippen LogP contribution >= 0.6 is 0 Å². The summed E-state index contributed by atoms with van der Waals surface area (Å²) in [6.07, 6.45) is -6.89. The number of aryl methyl sites for hydroxylation is 1. The molecule has 0 aliphatic carbocycles. The third-order valence-electron chi connectivity index (χ3n) is 6.04. The number of morpholine rings is 1. The first-order valence-corrected chi connectivity index (χ1v) is 11.8. The highest BCUT2D eigenvalue weighted by Crippen LogP contribution is 2.34. The van der Waals surface area contributed by atoms with Crippen molar-refractivity contribution in [3.63, 3.8) is 0 Å². The van der Waals surface area contributed by atoms with Gasteiger partial charge < -0.3 is 34.9 Å². The summed E-state index contributed by atoms with van der Waals surface area (Å²) in [5.41, 5.74) is 1.66. The minimum Gasteiger partial charge on any atom is -0.475 e. The van der Waals surface area contributed by atoms with Crippen LogP contribution in [0.4, 0.5) is 33.9 Å². The third kappa shape index (κ3) is 6.79. The number of alkyl halides is 3. The molecule has 37 heavy (non-hydrogen) atoms. The van der Waals surface area contributed by atoms with Gasteiger partial charge in [0.25, 0.3) is 0 Å². The van der Waals surface area contributed by atoms with Crippen LogP contribution in [0, 0.1) is 12.7 Å². The normalized spacial score (nSPS) is 20.1. The Hall–Kier alpha value is -3.16. The van der Waals surface area contributed by atoms with Gasteiger partial charge in [0.1, 0.15) is 18.2 Å². The van der Waals surface area contributed by atoms with Crippen molar-refractivity contribution in [3.05, 3.63) is 35.6 Å². The fourth-order valence-corrected chi connectivity index (χ4v) is 4.20. The Morgan fingerprint density at radius 3 is 2.68 bits per heavy atom. The van der Waals surface area contributed by atoms with Crippen molar-refractivity contribution in [1.82, 2.24) is 10.3 Å². The van der Waals surface area contributed by atoms with E-state index in [4.69, 9.17) is 19.3 Å². The molecule has 2 fully saturated rings. The predicted molar refractivity (Wildman–Crippen MR) is 126 cm³/mol. The molecule has 4 rings (SSSR count). The van der Waals surface area contributed by atoms with Crippen LogP contribution in [0.3, 0.4) is 0 Å². The molecule has 3 N–H and O–H groups in total.